The topological polar surface area (TPSA) is 45.5 Å². The fourth-order valence-corrected chi connectivity index (χ4v) is 2.54. The first kappa shape index (κ1) is 16.3. The van der Waals surface area contributed by atoms with E-state index in [1.54, 1.807) is 11.9 Å². The summed E-state index contributed by atoms with van der Waals surface area (Å²) in [6.07, 6.45) is 0. The van der Waals surface area contributed by atoms with E-state index >= 15 is 0 Å². The number of hydrogen-bond acceptors (Lipinski definition) is 2. The van der Waals surface area contributed by atoms with E-state index in [-0.39, 0.29) is 18.6 Å². The molecule has 0 saturated carbocycles. The average Bonchev–Trinajstić information content (AvgIpc) is 2.81. The molecule has 2 aromatic rings. The third-order valence-corrected chi connectivity index (χ3v) is 4.23. The van der Waals surface area contributed by atoms with Crippen molar-refractivity contribution in [1.82, 2.24) is 9.47 Å². The van der Waals surface area contributed by atoms with Gasteiger partial charge in [0.2, 0.25) is 0 Å². The predicted octanol–water partition coefficient (Wildman–Crippen LogP) is 2.61. The molecule has 1 aromatic heterocycles. The molecule has 1 amide bonds. The van der Waals surface area contributed by atoms with Gasteiger partial charge >= 0.3 is 0 Å². The van der Waals surface area contributed by atoms with Gasteiger partial charge in [-0.3, -0.25) is 4.79 Å². The molecule has 1 N–H and O–H groups in total. The number of benzene rings is 1. The van der Waals surface area contributed by atoms with Gasteiger partial charge in [-0.1, -0.05) is 30.3 Å². The SMILES string of the molecule is Cc1cc(C(=O)N(C)C(C)CO)c(C)n1Cc1ccccc1. The number of aliphatic hydroxyl groups excluding tert-OH is 1. The van der Waals surface area contributed by atoms with Crippen LogP contribution in [0.2, 0.25) is 0 Å². The van der Waals surface area contributed by atoms with Crippen LogP contribution in [-0.2, 0) is 6.54 Å². The smallest absolute Gasteiger partial charge is 0.255 e. The number of aromatic nitrogens is 1. The van der Waals surface area contributed by atoms with Gasteiger partial charge in [-0.2, -0.15) is 0 Å². The normalized spacial score (nSPS) is 12.2. The van der Waals surface area contributed by atoms with E-state index in [1.165, 1.54) is 5.56 Å². The molecule has 0 radical (unpaired) electrons. The first-order chi connectivity index (χ1) is 10.5. The summed E-state index contributed by atoms with van der Waals surface area (Å²) in [6.45, 7) is 6.54. The molecule has 2 rings (SSSR count). The summed E-state index contributed by atoms with van der Waals surface area (Å²) in [5.74, 6) is -0.0473. The molecule has 0 saturated heterocycles. The number of hydrogen-bond donors (Lipinski definition) is 1. The Morgan fingerprint density at radius 2 is 1.91 bits per heavy atom. The lowest BCUT2D eigenvalue weighted by Gasteiger charge is -2.23. The lowest BCUT2D eigenvalue weighted by atomic mass is 10.2. The van der Waals surface area contributed by atoms with Crippen molar-refractivity contribution < 1.29 is 9.90 Å². The highest BCUT2D eigenvalue weighted by Crippen LogP contribution is 2.19. The quantitative estimate of drug-likeness (QED) is 0.922. The number of nitrogens with zero attached hydrogens (tertiary/aromatic N) is 2. The van der Waals surface area contributed by atoms with Crippen LogP contribution in [0.15, 0.2) is 36.4 Å². The number of carbonyl (C=O) groups is 1. The molecule has 118 valence electrons. The van der Waals surface area contributed by atoms with Gasteiger partial charge in [0.25, 0.3) is 5.91 Å². The number of aliphatic hydroxyl groups is 1. The van der Waals surface area contributed by atoms with Crippen LogP contribution in [0.25, 0.3) is 0 Å². The van der Waals surface area contributed by atoms with Gasteiger partial charge < -0.3 is 14.6 Å². The highest BCUT2D eigenvalue weighted by molar-refractivity contribution is 5.95. The zero-order valence-electron chi connectivity index (χ0n) is 13.7. The van der Waals surface area contributed by atoms with Crippen LogP contribution < -0.4 is 0 Å². The van der Waals surface area contributed by atoms with Crippen LogP contribution in [0.3, 0.4) is 0 Å². The number of aryl methyl sites for hydroxylation is 1. The molecular formula is C18H24N2O2. The van der Waals surface area contributed by atoms with Gasteiger partial charge in [-0.25, -0.2) is 0 Å². The van der Waals surface area contributed by atoms with Gasteiger partial charge in [0.05, 0.1) is 18.2 Å². The molecule has 4 nitrogen and oxygen atoms in total. The van der Waals surface area contributed by atoms with E-state index in [1.807, 2.05) is 45.0 Å². The maximum absolute atomic E-state index is 12.6. The third-order valence-electron chi connectivity index (χ3n) is 4.23. The number of amides is 1. The molecule has 0 aliphatic rings. The summed E-state index contributed by atoms with van der Waals surface area (Å²) in [5, 5.41) is 9.23. The Morgan fingerprint density at radius 1 is 1.27 bits per heavy atom. The standard InChI is InChI=1S/C18H24N2O2/c1-13-10-17(18(22)19(4)14(2)12-21)15(3)20(13)11-16-8-6-5-7-9-16/h5-10,14,21H,11-12H2,1-4H3. The van der Waals surface area contributed by atoms with E-state index in [0.29, 0.717) is 5.56 Å². The lowest BCUT2D eigenvalue weighted by molar-refractivity contribution is 0.0681. The van der Waals surface area contributed by atoms with E-state index in [4.69, 9.17) is 0 Å². The summed E-state index contributed by atoms with van der Waals surface area (Å²) >= 11 is 0. The molecule has 0 spiro atoms. The highest BCUT2D eigenvalue weighted by Gasteiger charge is 2.21. The molecular weight excluding hydrogens is 276 g/mol. The van der Waals surface area contributed by atoms with Crippen LogP contribution in [-0.4, -0.2) is 40.2 Å². The molecule has 1 heterocycles. The van der Waals surface area contributed by atoms with Crippen LogP contribution in [0.1, 0.15) is 34.2 Å². The second-order valence-corrected chi connectivity index (χ2v) is 5.80. The number of carbonyl (C=O) groups excluding carboxylic acids is 1. The van der Waals surface area contributed by atoms with Crippen LogP contribution in [0.5, 0.6) is 0 Å². The van der Waals surface area contributed by atoms with Crippen molar-refractivity contribution in [2.75, 3.05) is 13.7 Å². The van der Waals surface area contributed by atoms with Crippen molar-refractivity contribution in [3.05, 3.63) is 58.9 Å². The maximum atomic E-state index is 12.6. The first-order valence-corrected chi connectivity index (χ1v) is 7.54. The monoisotopic (exact) mass is 300 g/mol. The molecule has 0 bridgehead atoms. The van der Waals surface area contributed by atoms with Crippen LogP contribution in [0.4, 0.5) is 0 Å². The number of rotatable bonds is 5. The minimum absolute atomic E-state index is 0.0367. The fraction of sp³-hybridized carbons (Fsp3) is 0.389. The van der Waals surface area contributed by atoms with Crippen molar-refractivity contribution in [3.8, 4) is 0 Å². The second-order valence-electron chi connectivity index (χ2n) is 5.80. The highest BCUT2D eigenvalue weighted by atomic mass is 16.3. The lowest BCUT2D eigenvalue weighted by Crippen LogP contribution is -2.37. The zero-order chi connectivity index (χ0) is 16.3. The van der Waals surface area contributed by atoms with Gasteiger partial charge in [0, 0.05) is 25.0 Å². The summed E-state index contributed by atoms with van der Waals surface area (Å²) in [7, 11) is 1.73. The minimum Gasteiger partial charge on any atom is -0.394 e. The Kier molecular flexibility index (Phi) is 5.03. The molecule has 1 aromatic carbocycles. The van der Waals surface area contributed by atoms with Crippen LogP contribution >= 0.6 is 0 Å². The number of likely N-dealkylation sites (N-methyl/N-ethyl adjacent to an activating group) is 1. The van der Waals surface area contributed by atoms with Crippen molar-refractivity contribution in [3.63, 3.8) is 0 Å². The van der Waals surface area contributed by atoms with Crippen molar-refractivity contribution >= 4 is 5.91 Å². The first-order valence-electron chi connectivity index (χ1n) is 7.54. The Hall–Kier alpha value is -2.07. The van der Waals surface area contributed by atoms with E-state index in [2.05, 4.69) is 16.7 Å². The van der Waals surface area contributed by atoms with Crippen molar-refractivity contribution in [2.45, 2.75) is 33.4 Å². The largest absolute Gasteiger partial charge is 0.394 e. The van der Waals surface area contributed by atoms with Gasteiger partial charge in [0.1, 0.15) is 0 Å². The van der Waals surface area contributed by atoms with E-state index in [9.17, 15) is 9.90 Å². The Labute approximate surface area is 132 Å². The Balaban J connectivity index is 2.29. The summed E-state index contributed by atoms with van der Waals surface area (Å²) in [6, 6.07) is 11.9. The summed E-state index contributed by atoms with van der Waals surface area (Å²) < 4.78 is 2.15. The van der Waals surface area contributed by atoms with Gasteiger partial charge in [0.15, 0.2) is 0 Å². The second kappa shape index (κ2) is 6.79. The summed E-state index contributed by atoms with van der Waals surface area (Å²) in [4.78, 5) is 14.2. The average molecular weight is 300 g/mol. The molecule has 0 aliphatic carbocycles. The van der Waals surface area contributed by atoms with Gasteiger partial charge in [-0.05, 0) is 32.4 Å². The Bertz CT molecular complexity index is 647. The van der Waals surface area contributed by atoms with Crippen molar-refractivity contribution in [1.29, 1.82) is 0 Å². The minimum atomic E-state index is -0.190. The fourth-order valence-electron chi connectivity index (χ4n) is 2.54. The predicted molar refractivity (Wildman–Crippen MR) is 88.1 cm³/mol. The molecule has 22 heavy (non-hydrogen) atoms. The van der Waals surface area contributed by atoms with Crippen molar-refractivity contribution in [2.24, 2.45) is 0 Å². The van der Waals surface area contributed by atoms with Crippen LogP contribution in [0, 0.1) is 13.8 Å². The molecule has 1 atom stereocenters. The Morgan fingerprint density at radius 3 is 2.50 bits per heavy atom. The zero-order valence-corrected chi connectivity index (χ0v) is 13.7. The maximum Gasteiger partial charge on any atom is 0.255 e. The van der Waals surface area contributed by atoms with Gasteiger partial charge in [-0.15, -0.1) is 0 Å². The third kappa shape index (κ3) is 3.22. The van der Waals surface area contributed by atoms with E-state index in [0.717, 1.165) is 17.9 Å². The molecule has 4 heteroatoms. The molecule has 0 fully saturated rings. The molecule has 0 aliphatic heterocycles. The van der Waals surface area contributed by atoms with E-state index < -0.39 is 0 Å². The summed E-state index contributed by atoms with van der Waals surface area (Å²) in [5.41, 5.74) is 3.94. The molecule has 1 unspecified atom stereocenters.